The molecule has 0 aliphatic carbocycles. The molecule has 2 aromatic heterocycles. The molecule has 3 heterocycles. The SMILES string of the molecule is NCCCC(=O)NC1CCN(C(=O)Cn2ccc3ccncc32)CC1. The van der Waals surface area contributed by atoms with Crippen LogP contribution in [0.15, 0.2) is 30.7 Å². The Hall–Kier alpha value is -2.41. The number of carbonyl (C=O) groups is 2. The zero-order chi connectivity index (χ0) is 17.6. The van der Waals surface area contributed by atoms with Crippen LogP contribution in [0.3, 0.4) is 0 Å². The number of rotatable bonds is 6. The van der Waals surface area contributed by atoms with Crippen LogP contribution >= 0.6 is 0 Å². The van der Waals surface area contributed by atoms with Gasteiger partial charge in [0.1, 0.15) is 6.54 Å². The Bertz CT molecular complexity index is 734. The highest BCUT2D eigenvalue weighted by Gasteiger charge is 2.24. The number of likely N-dealkylation sites (tertiary alicyclic amines) is 1. The molecule has 0 saturated carbocycles. The van der Waals surface area contributed by atoms with E-state index in [0.29, 0.717) is 39.0 Å². The number of nitrogens with zero attached hydrogens (tertiary/aromatic N) is 3. The van der Waals surface area contributed by atoms with Gasteiger partial charge in [-0.25, -0.2) is 0 Å². The molecular formula is C18H25N5O2. The second kappa shape index (κ2) is 8.11. The van der Waals surface area contributed by atoms with Crippen LogP contribution in [0, 0.1) is 0 Å². The van der Waals surface area contributed by atoms with Gasteiger partial charge in [0.05, 0.1) is 11.7 Å². The molecule has 7 nitrogen and oxygen atoms in total. The lowest BCUT2D eigenvalue weighted by Crippen LogP contribution is -2.47. The van der Waals surface area contributed by atoms with Crippen molar-refractivity contribution in [3.63, 3.8) is 0 Å². The summed E-state index contributed by atoms with van der Waals surface area (Å²) in [6.07, 6.45) is 8.25. The van der Waals surface area contributed by atoms with Gasteiger partial charge in [-0.1, -0.05) is 0 Å². The van der Waals surface area contributed by atoms with Crippen LogP contribution in [0.5, 0.6) is 0 Å². The van der Waals surface area contributed by atoms with Crippen LogP contribution in [-0.4, -0.2) is 51.9 Å². The number of fused-ring (bicyclic) bond motifs is 1. The fourth-order valence-electron chi connectivity index (χ4n) is 3.25. The topological polar surface area (TPSA) is 93.3 Å². The number of hydrogen-bond acceptors (Lipinski definition) is 4. The molecule has 1 fully saturated rings. The number of aromatic nitrogens is 2. The fraction of sp³-hybridized carbons (Fsp3) is 0.500. The highest BCUT2D eigenvalue weighted by molar-refractivity contribution is 5.82. The number of nitrogens with one attached hydrogen (secondary N) is 1. The van der Waals surface area contributed by atoms with Gasteiger partial charge in [0.15, 0.2) is 0 Å². The van der Waals surface area contributed by atoms with Gasteiger partial charge in [-0.3, -0.25) is 14.6 Å². The summed E-state index contributed by atoms with van der Waals surface area (Å²) in [6, 6.07) is 4.09. The highest BCUT2D eigenvalue weighted by atomic mass is 16.2. The van der Waals surface area contributed by atoms with E-state index >= 15 is 0 Å². The minimum Gasteiger partial charge on any atom is -0.353 e. The summed E-state index contributed by atoms with van der Waals surface area (Å²) in [5.41, 5.74) is 6.39. The smallest absolute Gasteiger partial charge is 0.242 e. The molecule has 1 aliphatic heterocycles. The van der Waals surface area contributed by atoms with Crippen LogP contribution in [0.2, 0.25) is 0 Å². The van der Waals surface area contributed by atoms with Crippen molar-refractivity contribution < 1.29 is 9.59 Å². The first kappa shape index (κ1) is 17.4. The van der Waals surface area contributed by atoms with E-state index < -0.39 is 0 Å². The molecule has 0 bridgehead atoms. The summed E-state index contributed by atoms with van der Waals surface area (Å²) in [5, 5.41) is 4.12. The zero-order valence-corrected chi connectivity index (χ0v) is 14.4. The van der Waals surface area contributed by atoms with E-state index in [1.807, 2.05) is 27.8 Å². The molecule has 7 heteroatoms. The predicted octanol–water partition coefficient (Wildman–Crippen LogP) is 0.882. The van der Waals surface area contributed by atoms with E-state index in [4.69, 9.17) is 5.73 Å². The number of hydrogen-bond donors (Lipinski definition) is 2. The fourth-order valence-corrected chi connectivity index (χ4v) is 3.25. The Morgan fingerprint density at radius 1 is 1.28 bits per heavy atom. The second-order valence-corrected chi connectivity index (χ2v) is 6.49. The lowest BCUT2D eigenvalue weighted by Gasteiger charge is -2.32. The molecule has 1 aliphatic rings. The molecule has 1 saturated heterocycles. The average molecular weight is 343 g/mol. The minimum atomic E-state index is 0.0570. The molecule has 2 amide bonds. The van der Waals surface area contributed by atoms with E-state index in [0.717, 1.165) is 23.7 Å². The first-order chi connectivity index (χ1) is 12.2. The Morgan fingerprint density at radius 2 is 2.08 bits per heavy atom. The van der Waals surface area contributed by atoms with Crippen molar-refractivity contribution in [2.75, 3.05) is 19.6 Å². The number of nitrogens with two attached hydrogens (primary N) is 1. The summed E-state index contributed by atoms with van der Waals surface area (Å²) in [6.45, 7) is 2.21. The van der Waals surface area contributed by atoms with Crippen LogP contribution in [0.1, 0.15) is 25.7 Å². The second-order valence-electron chi connectivity index (χ2n) is 6.49. The van der Waals surface area contributed by atoms with Crippen molar-refractivity contribution in [1.29, 1.82) is 0 Å². The third-order valence-corrected chi connectivity index (χ3v) is 4.70. The summed E-state index contributed by atoms with van der Waals surface area (Å²) in [7, 11) is 0. The van der Waals surface area contributed by atoms with Crippen molar-refractivity contribution in [1.82, 2.24) is 19.8 Å². The van der Waals surface area contributed by atoms with Crippen molar-refractivity contribution >= 4 is 22.7 Å². The number of piperidine rings is 1. The van der Waals surface area contributed by atoms with Crippen LogP contribution in [-0.2, 0) is 16.1 Å². The summed E-state index contributed by atoms with van der Waals surface area (Å²) in [5.74, 6) is 0.163. The maximum Gasteiger partial charge on any atom is 0.242 e. The van der Waals surface area contributed by atoms with Crippen molar-refractivity contribution in [3.8, 4) is 0 Å². The monoisotopic (exact) mass is 343 g/mol. The summed E-state index contributed by atoms with van der Waals surface area (Å²) >= 11 is 0. The molecule has 0 aromatic carbocycles. The molecule has 0 spiro atoms. The minimum absolute atomic E-state index is 0.0570. The van der Waals surface area contributed by atoms with Gasteiger partial charge in [0.2, 0.25) is 11.8 Å². The molecule has 3 N–H and O–H groups in total. The van der Waals surface area contributed by atoms with Gasteiger partial charge in [-0.05, 0) is 37.9 Å². The Labute approximate surface area is 147 Å². The Kier molecular flexibility index (Phi) is 5.65. The lowest BCUT2D eigenvalue weighted by molar-refractivity contribution is -0.133. The standard InChI is InChI=1S/C18H25N5O2/c19-7-1-2-17(24)21-15-5-10-22(11-6-15)18(25)13-23-9-4-14-3-8-20-12-16(14)23/h3-4,8-9,12,15H,1-2,5-7,10-11,13,19H2,(H,21,24). The maximum atomic E-state index is 12.6. The number of amides is 2. The highest BCUT2D eigenvalue weighted by Crippen LogP contribution is 2.16. The van der Waals surface area contributed by atoms with Gasteiger partial charge in [-0.2, -0.15) is 0 Å². The third-order valence-electron chi connectivity index (χ3n) is 4.70. The first-order valence-corrected chi connectivity index (χ1v) is 8.83. The summed E-state index contributed by atoms with van der Waals surface area (Å²) < 4.78 is 1.94. The number of pyridine rings is 1. The van der Waals surface area contributed by atoms with Gasteiger partial charge in [-0.15, -0.1) is 0 Å². The van der Waals surface area contributed by atoms with E-state index in [-0.39, 0.29) is 17.9 Å². The van der Waals surface area contributed by atoms with Crippen LogP contribution in [0.4, 0.5) is 0 Å². The number of carbonyl (C=O) groups excluding carboxylic acids is 2. The molecule has 134 valence electrons. The molecule has 2 aromatic rings. The first-order valence-electron chi connectivity index (χ1n) is 8.83. The maximum absolute atomic E-state index is 12.6. The van der Waals surface area contributed by atoms with Crippen molar-refractivity contribution in [2.24, 2.45) is 5.73 Å². The van der Waals surface area contributed by atoms with Crippen molar-refractivity contribution in [2.45, 2.75) is 38.3 Å². The van der Waals surface area contributed by atoms with E-state index in [1.165, 1.54) is 0 Å². The van der Waals surface area contributed by atoms with Crippen LogP contribution < -0.4 is 11.1 Å². The molecule has 3 rings (SSSR count). The molecular weight excluding hydrogens is 318 g/mol. The summed E-state index contributed by atoms with van der Waals surface area (Å²) in [4.78, 5) is 30.3. The predicted molar refractivity (Wildman–Crippen MR) is 95.8 cm³/mol. The quantitative estimate of drug-likeness (QED) is 0.814. The normalized spacial score (nSPS) is 15.5. The van der Waals surface area contributed by atoms with Gasteiger partial charge in [0, 0.05) is 43.3 Å². The molecule has 0 radical (unpaired) electrons. The van der Waals surface area contributed by atoms with E-state index in [2.05, 4.69) is 10.3 Å². The van der Waals surface area contributed by atoms with Crippen LogP contribution in [0.25, 0.3) is 10.9 Å². The molecule has 0 unspecified atom stereocenters. The largest absolute Gasteiger partial charge is 0.353 e. The van der Waals surface area contributed by atoms with E-state index in [1.54, 1.807) is 12.4 Å². The van der Waals surface area contributed by atoms with E-state index in [9.17, 15) is 9.59 Å². The Balaban J connectivity index is 1.49. The lowest BCUT2D eigenvalue weighted by atomic mass is 10.0. The molecule has 0 atom stereocenters. The molecule has 25 heavy (non-hydrogen) atoms. The third kappa shape index (κ3) is 4.36. The van der Waals surface area contributed by atoms with Gasteiger partial charge in [0.25, 0.3) is 0 Å². The zero-order valence-electron chi connectivity index (χ0n) is 14.4. The van der Waals surface area contributed by atoms with Gasteiger partial charge < -0.3 is 20.5 Å². The van der Waals surface area contributed by atoms with Gasteiger partial charge >= 0.3 is 0 Å². The average Bonchev–Trinajstić information content (AvgIpc) is 3.03. The Morgan fingerprint density at radius 3 is 2.84 bits per heavy atom. The van der Waals surface area contributed by atoms with Crippen molar-refractivity contribution in [3.05, 3.63) is 30.7 Å².